The number of rotatable bonds is 11. The number of fused-ring (bicyclic) bond motifs is 1. The number of ether oxygens (including phenoxy) is 2. The average molecular weight is 566 g/mol. The van der Waals surface area contributed by atoms with E-state index in [1.54, 1.807) is 50.1 Å². The second-order valence-electron chi connectivity index (χ2n) is 9.65. The zero-order valence-corrected chi connectivity index (χ0v) is 23.9. The van der Waals surface area contributed by atoms with Crippen molar-refractivity contribution in [1.82, 2.24) is 4.90 Å². The standard InChI is InChI=1S/C34H31NO5S/c1-3-40-34(38)30(12-8-22-35-32(36)28-10-4-5-11-29(28)33(35)37)27-9-6-7-13-31(27)41-26-20-16-24(17-21-26)23-14-18-25(39-2)19-15-23/h4-7,9-11,13-21,30H,3,8,12,22H2,1-2H3. The predicted octanol–water partition coefficient (Wildman–Crippen LogP) is 7.24. The highest BCUT2D eigenvalue weighted by Crippen LogP contribution is 2.37. The average Bonchev–Trinajstić information content (AvgIpc) is 3.25. The third kappa shape index (κ3) is 6.20. The molecule has 4 aromatic rings. The number of nitrogens with zero attached hydrogens (tertiary/aromatic N) is 1. The summed E-state index contributed by atoms with van der Waals surface area (Å²) >= 11 is 1.59. The summed E-state index contributed by atoms with van der Waals surface area (Å²) in [6.45, 7) is 2.30. The molecule has 0 saturated heterocycles. The van der Waals surface area contributed by atoms with Gasteiger partial charge < -0.3 is 9.47 Å². The normalized spacial score (nSPS) is 13.2. The molecule has 208 valence electrons. The predicted molar refractivity (Wildman–Crippen MR) is 159 cm³/mol. The molecule has 0 spiro atoms. The molecule has 0 aromatic heterocycles. The molecule has 0 saturated carbocycles. The number of imide groups is 1. The van der Waals surface area contributed by atoms with E-state index in [1.807, 2.05) is 48.5 Å². The number of esters is 1. The number of carbonyl (C=O) groups excluding carboxylic acids is 3. The van der Waals surface area contributed by atoms with Gasteiger partial charge in [-0.2, -0.15) is 0 Å². The maximum atomic E-state index is 13.1. The monoisotopic (exact) mass is 565 g/mol. The van der Waals surface area contributed by atoms with Crippen LogP contribution in [-0.4, -0.2) is 42.9 Å². The number of methoxy groups -OCH3 is 1. The van der Waals surface area contributed by atoms with Gasteiger partial charge in [0.1, 0.15) is 5.75 Å². The number of amides is 2. The number of benzene rings is 4. The van der Waals surface area contributed by atoms with Crippen LogP contribution in [0, 0.1) is 0 Å². The van der Waals surface area contributed by atoms with E-state index in [0.29, 0.717) is 24.0 Å². The Balaban J connectivity index is 1.31. The Morgan fingerprint density at radius 3 is 2.00 bits per heavy atom. The third-order valence-electron chi connectivity index (χ3n) is 7.12. The first-order valence-electron chi connectivity index (χ1n) is 13.6. The van der Waals surface area contributed by atoms with Gasteiger partial charge in [-0.05, 0) is 78.9 Å². The van der Waals surface area contributed by atoms with Crippen molar-refractivity contribution in [1.29, 1.82) is 0 Å². The van der Waals surface area contributed by atoms with Gasteiger partial charge in [-0.3, -0.25) is 19.3 Å². The molecular weight excluding hydrogens is 534 g/mol. The molecule has 1 aliphatic heterocycles. The van der Waals surface area contributed by atoms with Gasteiger partial charge in [0.05, 0.1) is 30.8 Å². The molecule has 6 nitrogen and oxygen atoms in total. The molecule has 4 aromatic carbocycles. The molecule has 0 N–H and O–H groups in total. The molecule has 0 aliphatic carbocycles. The molecule has 0 bridgehead atoms. The van der Waals surface area contributed by atoms with Crippen molar-refractivity contribution in [3.8, 4) is 16.9 Å². The summed E-state index contributed by atoms with van der Waals surface area (Å²) in [5.74, 6) is -0.581. The quantitative estimate of drug-likeness (QED) is 0.141. The lowest BCUT2D eigenvalue weighted by molar-refractivity contribution is -0.145. The van der Waals surface area contributed by atoms with Crippen molar-refractivity contribution >= 4 is 29.5 Å². The van der Waals surface area contributed by atoms with Gasteiger partial charge in [0, 0.05) is 16.3 Å². The van der Waals surface area contributed by atoms with E-state index in [0.717, 1.165) is 32.2 Å². The summed E-state index contributed by atoms with van der Waals surface area (Å²) in [6.07, 6.45) is 0.921. The fraction of sp³-hybridized carbons (Fsp3) is 0.206. The van der Waals surface area contributed by atoms with Crippen LogP contribution in [0.2, 0.25) is 0 Å². The van der Waals surface area contributed by atoms with Crippen LogP contribution in [0.5, 0.6) is 5.75 Å². The second-order valence-corrected chi connectivity index (χ2v) is 10.8. The molecule has 1 heterocycles. The van der Waals surface area contributed by atoms with Gasteiger partial charge in [0.25, 0.3) is 11.8 Å². The van der Waals surface area contributed by atoms with E-state index in [4.69, 9.17) is 9.47 Å². The molecular formula is C34H31NO5S. The number of hydrogen-bond acceptors (Lipinski definition) is 6. The Bertz CT molecular complexity index is 1510. The van der Waals surface area contributed by atoms with Gasteiger partial charge >= 0.3 is 5.97 Å². The van der Waals surface area contributed by atoms with Crippen LogP contribution >= 0.6 is 11.8 Å². The fourth-order valence-electron chi connectivity index (χ4n) is 5.03. The molecule has 5 rings (SSSR count). The van der Waals surface area contributed by atoms with Crippen LogP contribution in [-0.2, 0) is 9.53 Å². The summed E-state index contributed by atoms with van der Waals surface area (Å²) in [5.41, 5.74) is 3.93. The minimum Gasteiger partial charge on any atom is -0.497 e. The molecule has 0 radical (unpaired) electrons. The first-order chi connectivity index (χ1) is 20.0. The lowest BCUT2D eigenvalue weighted by atomic mass is 9.94. The summed E-state index contributed by atoms with van der Waals surface area (Å²) < 4.78 is 10.7. The van der Waals surface area contributed by atoms with Crippen LogP contribution in [0.1, 0.15) is 52.0 Å². The Morgan fingerprint density at radius 1 is 0.805 bits per heavy atom. The highest BCUT2D eigenvalue weighted by molar-refractivity contribution is 7.99. The Hall–Kier alpha value is -4.36. The van der Waals surface area contributed by atoms with Gasteiger partial charge in [-0.15, -0.1) is 0 Å². The second kappa shape index (κ2) is 12.9. The van der Waals surface area contributed by atoms with E-state index in [9.17, 15) is 14.4 Å². The molecule has 7 heteroatoms. The van der Waals surface area contributed by atoms with E-state index in [-0.39, 0.29) is 30.9 Å². The van der Waals surface area contributed by atoms with Gasteiger partial charge in [0.15, 0.2) is 0 Å². The third-order valence-corrected chi connectivity index (χ3v) is 8.22. The van der Waals surface area contributed by atoms with Crippen LogP contribution in [0.3, 0.4) is 0 Å². The van der Waals surface area contributed by atoms with Crippen molar-refractivity contribution in [2.45, 2.75) is 35.5 Å². The highest BCUT2D eigenvalue weighted by Gasteiger charge is 2.35. The summed E-state index contributed by atoms with van der Waals surface area (Å²) in [5, 5.41) is 0. The maximum absolute atomic E-state index is 13.1. The lowest BCUT2D eigenvalue weighted by Crippen LogP contribution is -2.31. The maximum Gasteiger partial charge on any atom is 0.313 e. The minimum atomic E-state index is -0.521. The van der Waals surface area contributed by atoms with Crippen LogP contribution in [0.25, 0.3) is 11.1 Å². The van der Waals surface area contributed by atoms with Crippen molar-refractivity contribution < 1.29 is 23.9 Å². The van der Waals surface area contributed by atoms with Gasteiger partial charge in [0.2, 0.25) is 0 Å². The molecule has 1 aliphatic rings. The number of hydrogen-bond donors (Lipinski definition) is 0. The number of carbonyl (C=O) groups is 3. The topological polar surface area (TPSA) is 72.9 Å². The van der Waals surface area contributed by atoms with Crippen LogP contribution in [0.4, 0.5) is 0 Å². The molecule has 1 atom stereocenters. The minimum absolute atomic E-state index is 0.240. The first-order valence-corrected chi connectivity index (χ1v) is 14.4. The van der Waals surface area contributed by atoms with E-state index < -0.39 is 5.92 Å². The Morgan fingerprint density at radius 2 is 1.39 bits per heavy atom. The molecule has 2 amide bonds. The fourth-order valence-corrected chi connectivity index (χ4v) is 6.03. The Kier molecular flexibility index (Phi) is 8.85. The Labute approximate surface area is 244 Å². The first kappa shape index (κ1) is 28.2. The largest absolute Gasteiger partial charge is 0.497 e. The van der Waals surface area contributed by atoms with E-state index in [2.05, 4.69) is 24.3 Å². The highest BCUT2D eigenvalue weighted by atomic mass is 32.2. The SMILES string of the molecule is CCOC(=O)C(CCCN1C(=O)c2ccccc2C1=O)c1ccccc1Sc1ccc(-c2ccc(OC)cc2)cc1. The summed E-state index contributed by atoms with van der Waals surface area (Å²) in [6, 6.07) is 31.0. The lowest BCUT2D eigenvalue weighted by Gasteiger charge is -2.20. The zero-order valence-electron chi connectivity index (χ0n) is 23.0. The van der Waals surface area contributed by atoms with Crippen molar-refractivity contribution in [3.05, 3.63) is 114 Å². The zero-order chi connectivity index (χ0) is 28.8. The van der Waals surface area contributed by atoms with E-state index in [1.165, 1.54) is 4.90 Å². The van der Waals surface area contributed by atoms with Crippen molar-refractivity contribution in [3.63, 3.8) is 0 Å². The van der Waals surface area contributed by atoms with Crippen molar-refractivity contribution in [2.24, 2.45) is 0 Å². The molecule has 1 unspecified atom stereocenters. The van der Waals surface area contributed by atoms with Gasteiger partial charge in [-0.25, -0.2) is 0 Å². The molecule has 41 heavy (non-hydrogen) atoms. The van der Waals surface area contributed by atoms with Crippen LogP contribution in [0.15, 0.2) is 107 Å². The van der Waals surface area contributed by atoms with Crippen LogP contribution < -0.4 is 4.74 Å². The van der Waals surface area contributed by atoms with Crippen molar-refractivity contribution in [2.75, 3.05) is 20.3 Å². The summed E-state index contributed by atoms with van der Waals surface area (Å²) in [4.78, 5) is 42.0. The van der Waals surface area contributed by atoms with Gasteiger partial charge in [-0.1, -0.05) is 66.4 Å². The van der Waals surface area contributed by atoms with E-state index >= 15 is 0 Å². The molecule has 0 fully saturated rings. The summed E-state index contributed by atoms with van der Waals surface area (Å²) in [7, 11) is 1.65. The smallest absolute Gasteiger partial charge is 0.313 e.